The molecule has 0 aliphatic heterocycles. The van der Waals surface area contributed by atoms with E-state index in [9.17, 15) is 0 Å². The molecule has 32 heavy (non-hydrogen) atoms. The summed E-state index contributed by atoms with van der Waals surface area (Å²) >= 11 is 1.63. The quantitative estimate of drug-likeness (QED) is 0.387. The van der Waals surface area contributed by atoms with E-state index in [0.29, 0.717) is 12.4 Å². The van der Waals surface area contributed by atoms with Gasteiger partial charge in [-0.15, -0.1) is 16.4 Å². The van der Waals surface area contributed by atoms with E-state index in [-0.39, 0.29) is 0 Å². The number of nitrogens with zero attached hydrogens (tertiary/aromatic N) is 7. The lowest BCUT2D eigenvalue weighted by Gasteiger charge is -2.05. The standard InChI is InChI=1S/C24H21N7S/c1-13-8-14(2)26-24-19(13)20-21(32-24)23-27-22(29-31(23)12-25-20)18-7-5-6-17(10-18)11-30-16(4)9-15(3)28-30/h5-10,12H,11H2,1-4H3. The van der Waals surface area contributed by atoms with Gasteiger partial charge in [-0.3, -0.25) is 4.68 Å². The molecule has 0 aliphatic carbocycles. The predicted octanol–water partition coefficient (Wildman–Crippen LogP) is 5.03. The number of rotatable bonds is 3. The first-order valence-electron chi connectivity index (χ1n) is 10.5. The molecule has 0 fully saturated rings. The fourth-order valence-electron chi connectivity index (χ4n) is 4.31. The Bertz CT molecular complexity index is 1650. The number of pyridine rings is 1. The summed E-state index contributed by atoms with van der Waals surface area (Å²) < 4.78 is 4.80. The van der Waals surface area contributed by atoms with E-state index in [4.69, 9.17) is 20.1 Å². The lowest BCUT2D eigenvalue weighted by Crippen LogP contribution is -2.04. The Kier molecular flexibility index (Phi) is 4.13. The molecule has 0 unspecified atom stereocenters. The molecule has 6 aromatic rings. The van der Waals surface area contributed by atoms with Crippen molar-refractivity contribution in [2.24, 2.45) is 0 Å². The highest BCUT2D eigenvalue weighted by molar-refractivity contribution is 7.26. The summed E-state index contributed by atoms with van der Waals surface area (Å²) in [6.07, 6.45) is 1.75. The van der Waals surface area contributed by atoms with E-state index >= 15 is 0 Å². The van der Waals surface area contributed by atoms with Crippen LogP contribution in [0.5, 0.6) is 0 Å². The first-order chi connectivity index (χ1) is 15.5. The monoisotopic (exact) mass is 439 g/mol. The maximum atomic E-state index is 4.90. The van der Waals surface area contributed by atoms with Crippen LogP contribution in [-0.2, 0) is 6.54 Å². The second-order valence-corrected chi connectivity index (χ2v) is 9.27. The van der Waals surface area contributed by atoms with Gasteiger partial charge in [-0.05, 0) is 57.0 Å². The molecule has 0 aliphatic rings. The molecule has 0 bridgehead atoms. The molecule has 0 spiro atoms. The van der Waals surface area contributed by atoms with E-state index in [1.807, 2.05) is 30.7 Å². The maximum absolute atomic E-state index is 4.90. The van der Waals surface area contributed by atoms with Crippen molar-refractivity contribution in [1.82, 2.24) is 34.3 Å². The maximum Gasteiger partial charge on any atom is 0.182 e. The zero-order chi connectivity index (χ0) is 22.0. The largest absolute Gasteiger partial charge is 0.265 e. The van der Waals surface area contributed by atoms with Gasteiger partial charge in [0.2, 0.25) is 0 Å². The van der Waals surface area contributed by atoms with Crippen molar-refractivity contribution in [3.63, 3.8) is 0 Å². The van der Waals surface area contributed by atoms with Crippen LogP contribution in [0.1, 0.15) is 28.2 Å². The van der Waals surface area contributed by atoms with Gasteiger partial charge in [0, 0.05) is 22.3 Å². The topological polar surface area (TPSA) is 73.8 Å². The molecule has 0 saturated carbocycles. The highest BCUT2D eigenvalue weighted by atomic mass is 32.1. The zero-order valence-corrected chi connectivity index (χ0v) is 19.1. The van der Waals surface area contributed by atoms with Crippen LogP contribution < -0.4 is 0 Å². The number of thiophene rings is 1. The first-order valence-corrected chi connectivity index (χ1v) is 11.3. The molecule has 5 aromatic heterocycles. The van der Waals surface area contributed by atoms with E-state index < -0.39 is 0 Å². The van der Waals surface area contributed by atoms with Crippen LogP contribution in [0.25, 0.3) is 37.5 Å². The van der Waals surface area contributed by atoms with Crippen molar-refractivity contribution in [2.45, 2.75) is 34.2 Å². The van der Waals surface area contributed by atoms with Crippen molar-refractivity contribution in [3.8, 4) is 11.4 Å². The Hall–Kier alpha value is -3.65. The van der Waals surface area contributed by atoms with Gasteiger partial charge < -0.3 is 0 Å². The summed E-state index contributed by atoms with van der Waals surface area (Å²) in [5, 5.41) is 10.4. The third kappa shape index (κ3) is 2.98. The van der Waals surface area contributed by atoms with Crippen molar-refractivity contribution < 1.29 is 0 Å². The van der Waals surface area contributed by atoms with E-state index in [0.717, 1.165) is 54.3 Å². The van der Waals surface area contributed by atoms with Crippen LogP contribution in [0, 0.1) is 27.7 Å². The molecule has 7 nitrogen and oxygen atoms in total. The van der Waals surface area contributed by atoms with Crippen molar-refractivity contribution >= 4 is 37.4 Å². The van der Waals surface area contributed by atoms with Crippen LogP contribution >= 0.6 is 11.3 Å². The van der Waals surface area contributed by atoms with Crippen LogP contribution in [0.15, 0.2) is 42.7 Å². The summed E-state index contributed by atoms with van der Waals surface area (Å²) in [6, 6.07) is 12.5. The van der Waals surface area contributed by atoms with Gasteiger partial charge >= 0.3 is 0 Å². The minimum Gasteiger partial charge on any atom is -0.265 e. The number of hydrogen-bond donors (Lipinski definition) is 0. The molecule has 0 saturated heterocycles. The van der Waals surface area contributed by atoms with Gasteiger partial charge in [-0.25, -0.2) is 19.5 Å². The summed E-state index contributed by atoms with van der Waals surface area (Å²) in [5.41, 5.74) is 8.27. The third-order valence-corrected chi connectivity index (χ3v) is 6.78. The Morgan fingerprint density at radius 1 is 0.938 bits per heavy atom. The molecule has 6 rings (SSSR count). The number of fused-ring (bicyclic) bond motifs is 5. The van der Waals surface area contributed by atoms with Gasteiger partial charge in [0.25, 0.3) is 0 Å². The number of aryl methyl sites for hydroxylation is 4. The first kappa shape index (κ1) is 19.1. The summed E-state index contributed by atoms with van der Waals surface area (Å²) in [7, 11) is 0. The minimum atomic E-state index is 0.688. The second-order valence-electron chi connectivity index (χ2n) is 8.27. The van der Waals surface area contributed by atoms with Gasteiger partial charge in [-0.2, -0.15) is 5.10 Å². The van der Waals surface area contributed by atoms with Crippen LogP contribution in [0.3, 0.4) is 0 Å². The SMILES string of the molecule is Cc1cc(C)c2c(n1)sc1c2ncn2nc(-c3cccc(Cn4nc(C)cc4C)c3)nc12. The van der Waals surface area contributed by atoms with Gasteiger partial charge in [0.05, 0.1) is 17.8 Å². The molecular formula is C24H21N7S. The smallest absolute Gasteiger partial charge is 0.182 e. The number of aromatic nitrogens is 7. The molecule has 8 heteroatoms. The summed E-state index contributed by atoms with van der Waals surface area (Å²) in [4.78, 5) is 15.3. The average Bonchev–Trinajstić information content (AvgIpc) is 3.42. The van der Waals surface area contributed by atoms with Crippen molar-refractivity contribution in [1.29, 1.82) is 0 Å². The fraction of sp³-hybridized carbons (Fsp3) is 0.208. The van der Waals surface area contributed by atoms with Gasteiger partial charge in [0.1, 0.15) is 15.9 Å². The molecular weight excluding hydrogens is 418 g/mol. The summed E-state index contributed by atoms with van der Waals surface area (Å²) in [6.45, 7) is 8.94. The Labute approximate surface area is 188 Å². The van der Waals surface area contributed by atoms with E-state index in [1.165, 1.54) is 5.56 Å². The van der Waals surface area contributed by atoms with Gasteiger partial charge in [-0.1, -0.05) is 18.2 Å². The highest BCUT2D eigenvalue weighted by Gasteiger charge is 2.17. The molecule has 0 atom stereocenters. The van der Waals surface area contributed by atoms with E-state index in [1.54, 1.807) is 22.2 Å². The molecule has 0 radical (unpaired) electrons. The summed E-state index contributed by atoms with van der Waals surface area (Å²) in [5.74, 6) is 0.688. The fourth-order valence-corrected chi connectivity index (χ4v) is 5.53. The van der Waals surface area contributed by atoms with Crippen LogP contribution in [0.4, 0.5) is 0 Å². The third-order valence-electron chi connectivity index (χ3n) is 5.71. The second kappa shape index (κ2) is 6.93. The normalized spacial score (nSPS) is 11.9. The van der Waals surface area contributed by atoms with Crippen molar-refractivity contribution in [3.05, 3.63) is 70.9 Å². The molecule has 0 N–H and O–H groups in total. The molecule has 5 heterocycles. The molecule has 1 aromatic carbocycles. The number of hydrogen-bond acceptors (Lipinski definition) is 6. The average molecular weight is 440 g/mol. The Morgan fingerprint density at radius 2 is 1.81 bits per heavy atom. The van der Waals surface area contributed by atoms with Crippen LogP contribution in [-0.4, -0.2) is 34.3 Å². The number of benzene rings is 1. The predicted molar refractivity (Wildman–Crippen MR) is 127 cm³/mol. The lowest BCUT2D eigenvalue weighted by molar-refractivity contribution is 0.659. The molecule has 0 amide bonds. The minimum absolute atomic E-state index is 0.688. The highest BCUT2D eigenvalue weighted by Crippen LogP contribution is 2.36. The van der Waals surface area contributed by atoms with Crippen LogP contribution in [0.2, 0.25) is 0 Å². The van der Waals surface area contributed by atoms with Gasteiger partial charge in [0.15, 0.2) is 11.5 Å². The van der Waals surface area contributed by atoms with E-state index in [2.05, 4.69) is 43.2 Å². The molecule has 158 valence electrons. The van der Waals surface area contributed by atoms with Crippen molar-refractivity contribution in [2.75, 3.05) is 0 Å². The Morgan fingerprint density at radius 3 is 2.62 bits per heavy atom. The Balaban J connectivity index is 1.46. The lowest BCUT2D eigenvalue weighted by atomic mass is 10.1. The zero-order valence-electron chi connectivity index (χ0n) is 18.3.